The van der Waals surface area contributed by atoms with Crippen molar-refractivity contribution in [3.63, 3.8) is 0 Å². The maximum absolute atomic E-state index is 14.7. The second-order valence-corrected chi connectivity index (χ2v) is 5.81. The van der Waals surface area contributed by atoms with E-state index in [4.69, 9.17) is 25.2 Å². The van der Waals surface area contributed by atoms with Gasteiger partial charge in [-0.05, 0) is 37.3 Å². The number of carboxylic acids is 1. The Morgan fingerprint density at radius 1 is 1.20 bits per heavy atom. The van der Waals surface area contributed by atoms with Gasteiger partial charge >= 0.3 is 35.5 Å². The van der Waals surface area contributed by atoms with E-state index in [0.717, 1.165) is 6.07 Å². The fourth-order valence-electron chi connectivity index (χ4n) is 2.55. The summed E-state index contributed by atoms with van der Waals surface area (Å²) >= 11 is 0. The van der Waals surface area contributed by atoms with Gasteiger partial charge in [0.05, 0.1) is 13.2 Å². The number of hydroxylamine groups is 1. The fourth-order valence-corrected chi connectivity index (χ4v) is 2.55. The third kappa shape index (κ3) is 6.57. The molecule has 0 radical (unpaired) electrons. The average Bonchev–Trinajstić information content (AvgIpc) is 2.72. The molecule has 158 valence electrons. The molecular formula is C19H23FN3NaO6. The summed E-state index contributed by atoms with van der Waals surface area (Å²) in [5.41, 5.74) is 2.29. The van der Waals surface area contributed by atoms with Crippen molar-refractivity contribution in [2.75, 3.05) is 25.1 Å². The second-order valence-electron chi connectivity index (χ2n) is 5.81. The number of aliphatic hydroxyl groups is 1. The Labute approximate surface area is 194 Å². The number of amidine groups is 1. The molecule has 2 aromatic carbocycles. The Bertz CT molecular complexity index is 866. The van der Waals surface area contributed by atoms with Gasteiger partial charge in [0.2, 0.25) is 0 Å². The van der Waals surface area contributed by atoms with Crippen molar-refractivity contribution in [3.05, 3.63) is 53.3 Å². The van der Waals surface area contributed by atoms with Crippen molar-refractivity contribution in [2.24, 2.45) is 0 Å². The zero-order chi connectivity index (χ0) is 21.4. The van der Waals surface area contributed by atoms with Crippen molar-refractivity contribution in [1.29, 1.82) is 5.41 Å². The zero-order valence-corrected chi connectivity index (χ0v) is 15.6. The Balaban J connectivity index is 0.00000450. The van der Waals surface area contributed by atoms with Gasteiger partial charge in [0.1, 0.15) is 18.3 Å². The first-order valence-corrected chi connectivity index (χ1v) is 8.69. The van der Waals surface area contributed by atoms with Crippen LogP contribution in [0.2, 0.25) is 0 Å². The summed E-state index contributed by atoms with van der Waals surface area (Å²) < 4.78 is 25.3. The van der Waals surface area contributed by atoms with Crippen molar-refractivity contribution in [3.8, 4) is 11.5 Å². The molecule has 30 heavy (non-hydrogen) atoms. The molecule has 0 amide bonds. The van der Waals surface area contributed by atoms with E-state index < -0.39 is 17.8 Å². The van der Waals surface area contributed by atoms with Gasteiger partial charge in [0.15, 0.2) is 17.5 Å². The van der Waals surface area contributed by atoms with Crippen LogP contribution in [0.15, 0.2) is 36.4 Å². The maximum atomic E-state index is 14.7. The van der Waals surface area contributed by atoms with Crippen LogP contribution in [0, 0.1) is 11.2 Å². The summed E-state index contributed by atoms with van der Waals surface area (Å²) in [6.07, 6.45) is 0. The standard InChI is InChI=1S/C19H22FN3O6.Na.H/c1-2-28-15-9-13(14(20)10-16(15)29-8-7-24)17(19(25)26)22-12-5-3-11(4-6-12)18(21)23-27;;/h3-6,9-10,17,22,24,27H,2,7-8H2,1H3,(H2,21,23)(H,25,26);;. The molecule has 0 heterocycles. The number of carbonyl (C=O) groups is 1. The molecule has 0 aliphatic rings. The molecule has 9 nitrogen and oxygen atoms in total. The molecule has 0 aromatic heterocycles. The first-order chi connectivity index (χ1) is 13.9. The number of hydrogen-bond donors (Lipinski definition) is 6. The van der Waals surface area contributed by atoms with Gasteiger partial charge < -0.3 is 25.0 Å². The van der Waals surface area contributed by atoms with Crippen LogP contribution in [0.4, 0.5) is 10.1 Å². The topological polar surface area (TPSA) is 144 Å². The number of aliphatic hydroxyl groups excluding tert-OH is 1. The van der Waals surface area contributed by atoms with Gasteiger partial charge in [0.25, 0.3) is 0 Å². The van der Waals surface area contributed by atoms with Gasteiger partial charge in [0, 0.05) is 22.9 Å². The molecule has 2 aromatic rings. The molecule has 0 aliphatic heterocycles. The molecule has 1 atom stereocenters. The molecule has 0 aliphatic carbocycles. The Kier molecular flexibility index (Phi) is 10.6. The van der Waals surface area contributed by atoms with E-state index in [1.54, 1.807) is 12.4 Å². The van der Waals surface area contributed by atoms with E-state index in [-0.39, 0.29) is 72.3 Å². The third-order valence-electron chi connectivity index (χ3n) is 3.87. The van der Waals surface area contributed by atoms with Crippen LogP contribution in [0.5, 0.6) is 11.5 Å². The number of carboxylic acid groups (broad SMARTS) is 1. The van der Waals surface area contributed by atoms with Crippen LogP contribution in [0.25, 0.3) is 0 Å². The number of aliphatic carboxylic acids is 1. The number of halogens is 1. The predicted molar refractivity (Wildman–Crippen MR) is 109 cm³/mol. The van der Waals surface area contributed by atoms with Crippen LogP contribution in [0.3, 0.4) is 0 Å². The van der Waals surface area contributed by atoms with Crippen molar-refractivity contribution < 1.29 is 34.1 Å². The summed E-state index contributed by atoms with van der Waals surface area (Å²) in [5, 5.41) is 37.5. The molecule has 11 heteroatoms. The van der Waals surface area contributed by atoms with E-state index in [1.807, 2.05) is 0 Å². The molecule has 0 bridgehead atoms. The SMILES string of the molecule is CCOc1cc(C(Nc2ccc(C(=N)NO)cc2)C(=O)O)c(F)cc1OCCO.[NaH]. The number of hydrogen-bond acceptors (Lipinski definition) is 7. The van der Waals surface area contributed by atoms with E-state index in [0.29, 0.717) is 11.3 Å². The van der Waals surface area contributed by atoms with Gasteiger partial charge in [-0.15, -0.1) is 0 Å². The summed E-state index contributed by atoms with van der Waals surface area (Å²) in [6, 6.07) is 6.81. The Hall–Kier alpha value is -2.37. The molecule has 0 spiro atoms. The zero-order valence-electron chi connectivity index (χ0n) is 15.6. The van der Waals surface area contributed by atoms with Crippen molar-refractivity contribution >= 4 is 47.0 Å². The fraction of sp³-hybridized carbons (Fsp3) is 0.263. The minimum absolute atomic E-state index is 0. The van der Waals surface area contributed by atoms with Gasteiger partial charge in [-0.2, -0.15) is 0 Å². The third-order valence-corrected chi connectivity index (χ3v) is 3.87. The number of rotatable bonds is 10. The van der Waals surface area contributed by atoms with E-state index in [2.05, 4.69) is 5.32 Å². The summed E-state index contributed by atoms with van der Waals surface area (Å²) in [7, 11) is 0. The normalized spacial score (nSPS) is 11.1. The van der Waals surface area contributed by atoms with Crippen LogP contribution in [-0.2, 0) is 4.79 Å². The Morgan fingerprint density at radius 3 is 2.37 bits per heavy atom. The number of benzene rings is 2. The van der Waals surface area contributed by atoms with Gasteiger partial charge in [-0.1, -0.05) is 0 Å². The van der Waals surface area contributed by atoms with Crippen LogP contribution in [-0.4, -0.2) is 76.6 Å². The predicted octanol–water partition coefficient (Wildman–Crippen LogP) is 1.49. The molecule has 6 N–H and O–H groups in total. The quantitative estimate of drug-likeness (QED) is 0.144. The van der Waals surface area contributed by atoms with Crippen LogP contribution >= 0.6 is 0 Å². The van der Waals surface area contributed by atoms with E-state index in [9.17, 15) is 14.3 Å². The monoisotopic (exact) mass is 431 g/mol. The van der Waals surface area contributed by atoms with Crippen molar-refractivity contribution in [1.82, 2.24) is 5.48 Å². The second kappa shape index (κ2) is 12.4. The average molecular weight is 431 g/mol. The van der Waals surface area contributed by atoms with E-state index >= 15 is 0 Å². The molecule has 0 fully saturated rings. The Morgan fingerprint density at radius 2 is 1.83 bits per heavy atom. The number of nitrogens with one attached hydrogen (secondary N) is 3. The van der Waals surface area contributed by atoms with Crippen molar-refractivity contribution in [2.45, 2.75) is 13.0 Å². The molecule has 1 unspecified atom stereocenters. The van der Waals surface area contributed by atoms with E-state index in [1.165, 1.54) is 30.3 Å². The number of anilines is 1. The molecule has 2 rings (SSSR count). The van der Waals surface area contributed by atoms with Crippen LogP contribution in [0.1, 0.15) is 24.1 Å². The summed E-state index contributed by atoms with van der Waals surface area (Å²) in [4.78, 5) is 11.8. The molecule has 0 saturated heterocycles. The van der Waals surface area contributed by atoms with Gasteiger partial charge in [-0.25, -0.2) is 9.18 Å². The summed E-state index contributed by atoms with van der Waals surface area (Å²) in [6.45, 7) is 1.63. The van der Waals surface area contributed by atoms with Gasteiger partial charge in [-0.3, -0.25) is 16.1 Å². The molecule has 0 saturated carbocycles. The number of ether oxygens (including phenoxy) is 2. The van der Waals surface area contributed by atoms with Crippen LogP contribution < -0.4 is 20.3 Å². The molecular weight excluding hydrogens is 408 g/mol. The first-order valence-electron chi connectivity index (χ1n) is 8.69. The first kappa shape index (κ1) is 25.7. The summed E-state index contributed by atoms with van der Waals surface area (Å²) in [5.74, 6) is -2.14. The minimum atomic E-state index is -1.43.